The number of anilines is 1. The fraction of sp³-hybridized carbons (Fsp3) is 0.400. The molecule has 2 aromatic carbocycles. The first-order valence-electron chi connectivity index (χ1n) is 13.6. The standard InChI is InChI=1S/C30H35FN6O/c1-4-10-26-32-28(27-21(3)34-37(29(27)33-26)24-15-13-23(31)14-16-24)35-17-9-18-36(20-19-35)30(38)25(5-2)22-11-7-6-8-12-22/h6-8,11-16,25H,4-5,9-10,17-20H2,1-3H3/t25-/m1/s1. The van der Waals surface area contributed by atoms with Crippen molar-refractivity contribution < 1.29 is 9.18 Å². The summed E-state index contributed by atoms with van der Waals surface area (Å²) in [7, 11) is 0. The molecule has 2 aromatic heterocycles. The van der Waals surface area contributed by atoms with Crippen molar-refractivity contribution >= 4 is 22.8 Å². The second kappa shape index (κ2) is 11.3. The number of benzene rings is 2. The van der Waals surface area contributed by atoms with Crippen LogP contribution in [0.2, 0.25) is 0 Å². The average Bonchev–Trinajstić information content (AvgIpc) is 3.10. The summed E-state index contributed by atoms with van der Waals surface area (Å²) in [5.41, 5.74) is 3.40. The Morgan fingerprint density at radius 3 is 2.45 bits per heavy atom. The quantitative estimate of drug-likeness (QED) is 0.328. The molecule has 4 aromatic rings. The third-order valence-corrected chi connectivity index (χ3v) is 7.29. The molecule has 0 unspecified atom stereocenters. The fourth-order valence-corrected chi connectivity index (χ4v) is 5.34. The maximum Gasteiger partial charge on any atom is 0.230 e. The number of hydrogen-bond acceptors (Lipinski definition) is 5. The van der Waals surface area contributed by atoms with Crippen LogP contribution in [0.5, 0.6) is 0 Å². The minimum absolute atomic E-state index is 0.124. The number of fused-ring (bicyclic) bond motifs is 1. The van der Waals surface area contributed by atoms with E-state index < -0.39 is 0 Å². The van der Waals surface area contributed by atoms with E-state index in [9.17, 15) is 9.18 Å². The van der Waals surface area contributed by atoms with Crippen LogP contribution < -0.4 is 4.90 Å². The molecule has 0 saturated carbocycles. The van der Waals surface area contributed by atoms with Crippen molar-refractivity contribution in [2.75, 3.05) is 31.1 Å². The number of aromatic nitrogens is 4. The molecule has 7 nitrogen and oxygen atoms in total. The van der Waals surface area contributed by atoms with Crippen LogP contribution in [0.15, 0.2) is 54.6 Å². The smallest absolute Gasteiger partial charge is 0.230 e. The van der Waals surface area contributed by atoms with Crippen molar-refractivity contribution in [2.45, 2.75) is 52.4 Å². The molecule has 1 fully saturated rings. The highest BCUT2D eigenvalue weighted by Crippen LogP contribution is 2.31. The van der Waals surface area contributed by atoms with Crippen LogP contribution in [0.3, 0.4) is 0 Å². The molecule has 0 spiro atoms. The van der Waals surface area contributed by atoms with E-state index in [0.29, 0.717) is 13.1 Å². The number of nitrogens with zero attached hydrogens (tertiary/aromatic N) is 6. The molecule has 1 saturated heterocycles. The fourth-order valence-electron chi connectivity index (χ4n) is 5.34. The first-order chi connectivity index (χ1) is 18.5. The van der Waals surface area contributed by atoms with Crippen LogP contribution in [-0.2, 0) is 11.2 Å². The van der Waals surface area contributed by atoms with Gasteiger partial charge in [0.05, 0.1) is 22.7 Å². The van der Waals surface area contributed by atoms with Crippen LogP contribution in [0.1, 0.15) is 56.1 Å². The van der Waals surface area contributed by atoms with E-state index >= 15 is 0 Å². The highest BCUT2D eigenvalue weighted by molar-refractivity contribution is 5.91. The highest BCUT2D eigenvalue weighted by atomic mass is 19.1. The van der Waals surface area contributed by atoms with Gasteiger partial charge in [-0.1, -0.05) is 44.2 Å². The summed E-state index contributed by atoms with van der Waals surface area (Å²) in [4.78, 5) is 27.7. The van der Waals surface area contributed by atoms with Gasteiger partial charge in [-0.3, -0.25) is 4.79 Å². The van der Waals surface area contributed by atoms with Crippen molar-refractivity contribution in [1.82, 2.24) is 24.6 Å². The Bertz CT molecular complexity index is 1400. The van der Waals surface area contributed by atoms with Gasteiger partial charge in [-0.25, -0.2) is 19.0 Å². The Morgan fingerprint density at radius 2 is 1.74 bits per heavy atom. The molecule has 0 radical (unpaired) electrons. The highest BCUT2D eigenvalue weighted by Gasteiger charge is 2.28. The van der Waals surface area contributed by atoms with E-state index in [1.807, 2.05) is 42.2 Å². The lowest BCUT2D eigenvalue weighted by atomic mass is 9.95. The number of rotatable bonds is 7. The van der Waals surface area contributed by atoms with Crippen LogP contribution >= 0.6 is 0 Å². The Kier molecular flexibility index (Phi) is 7.67. The summed E-state index contributed by atoms with van der Waals surface area (Å²) in [6.07, 6.45) is 3.31. The molecule has 1 amide bonds. The summed E-state index contributed by atoms with van der Waals surface area (Å²) in [5, 5.41) is 5.69. The van der Waals surface area contributed by atoms with E-state index in [1.54, 1.807) is 16.8 Å². The molecule has 1 aliphatic heterocycles. The van der Waals surface area contributed by atoms with Gasteiger partial charge in [0.25, 0.3) is 0 Å². The molecule has 198 valence electrons. The Labute approximate surface area is 223 Å². The molecule has 1 atom stereocenters. The van der Waals surface area contributed by atoms with Crippen LogP contribution in [-0.4, -0.2) is 56.7 Å². The molecule has 5 rings (SSSR count). The zero-order valence-electron chi connectivity index (χ0n) is 22.4. The molecular weight excluding hydrogens is 479 g/mol. The van der Waals surface area contributed by atoms with Gasteiger partial charge in [-0.15, -0.1) is 0 Å². The number of hydrogen-bond donors (Lipinski definition) is 0. The summed E-state index contributed by atoms with van der Waals surface area (Å²) in [6.45, 7) is 9.01. The predicted octanol–water partition coefficient (Wildman–Crippen LogP) is 5.45. The Morgan fingerprint density at radius 1 is 0.974 bits per heavy atom. The van der Waals surface area contributed by atoms with E-state index in [1.165, 1.54) is 12.1 Å². The first-order valence-corrected chi connectivity index (χ1v) is 13.6. The summed E-state index contributed by atoms with van der Waals surface area (Å²) in [6, 6.07) is 16.4. The monoisotopic (exact) mass is 514 g/mol. The van der Waals surface area contributed by atoms with Crippen molar-refractivity contribution in [3.8, 4) is 5.69 Å². The number of aryl methyl sites for hydroxylation is 2. The van der Waals surface area contributed by atoms with Crippen molar-refractivity contribution in [1.29, 1.82) is 0 Å². The minimum Gasteiger partial charge on any atom is -0.354 e. The maximum absolute atomic E-state index is 13.6. The molecule has 3 heterocycles. The molecular formula is C30H35FN6O. The molecule has 0 bridgehead atoms. The SMILES string of the molecule is CCCc1nc(N2CCCN(C(=O)[C@H](CC)c3ccccc3)CC2)c2c(C)nn(-c3ccc(F)cc3)c2n1. The van der Waals surface area contributed by atoms with Gasteiger partial charge in [-0.2, -0.15) is 5.10 Å². The van der Waals surface area contributed by atoms with Gasteiger partial charge >= 0.3 is 0 Å². The number of amides is 1. The summed E-state index contributed by atoms with van der Waals surface area (Å²) >= 11 is 0. The lowest BCUT2D eigenvalue weighted by molar-refractivity contribution is -0.132. The predicted molar refractivity (Wildman–Crippen MR) is 148 cm³/mol. The van der Waals surface area contributed by atoms with Gasteiger partial charge in [0.2, 0.25) is 5.91 Å². The summed E-state index contributed by atoms with van der Waals surface area (Å²) < 4.78 is 15.4. The first kappa shape index (κ1) is 25.8. The van der Waals surface area contributed by atoms with Crippen LogP contribution in [0.4, 0.5) is 10.2 Å². The van der Waals surface area contributed by atoms with Gasteiger partial charge < -0.3 is 9.80 Å². The second-order valence-corrected chi connectivity index (χ2v) is 9.92. The Hall–Kier alpha value is -3.81. The van der Waals surface area contributed by atoms with Crippen molar-refractivity contribution in [3.63, 3.8) is 0 Å². The summed E-state index contributed by atoms with van der Waals surface area (Å²) in [5.74, 6) is 1.42. The van der Waals surface area contributed by atoms with Crippen molar-refractivity contribution in [3.05, 3.63) is 77.5 Å². The van der Waals surface area contributed by atoms with Gasteiger partial charge in [0.15, 0.2) is 5.65 Å². The van der Waals surface area contributed by atoms with Crippen LogP contribution in [0, 0.1) is 12.7 Å². The molecule has 8 heteroatoms. The van der Waals surface area contributed by atoms with Gasteiger partial charge in [-0.05, 0) is 56.0 Å². The molecule has 0 aliphatic carbocycles. The van der Waals surface area contributed by atoms with Crippen LogP contribution in [0.25, 0.3) is 16.7 Å². The van der Waals surface area contributed by atoms with E-state index in [2.05, 4.69) is 18.7 Å². The maximum atomic E-state index is 13.6. The second-order valence-electron chi connectivity index (χ2n) is 9.92. The third-order valence-electron chi connectivity index (χ3n) is 7.29. The largest absolute Gasteiger partial charge is 0.354 e. The van der Waals surface area contributed by atoms with Gasteiger partial charge in [0, 0.05) is 32.6 Å². The number of carbonyl (C=O) groups excluding carboxylic acids is 1. The third kappa shape index (κ3) is 5.12. The normalized spacial score (nSPS) is 15.1. The van der Waals surface area contributed by atoms with Crippen molar-refractivity contribution in [2.24, 2.45) is 0 Å². The minimum atomic E-state index is -0.287. The zero-order chi connectivity index (χ0) is 26.6. The van der Waals surface area contributed by atoms with E-state index in [0.717, 1.165) is 78.4 Å². The average molecular weight is 515 g/mol. The lowest BCUT2D eigenvalue weighted by Gasteiger charge is -2.26. The lowest BCUT2D eigenvalue weighted by Crippen LogP contribution is -2.38. The van der Waals surface area contributed by atoms with Gasteiger partial charge in [0.1, 0.15) is 17.5 Å². The number of carbonyl (C=O) groups is 1. The molecule has 1 aliphatic rings. The number of halogens is 1. The Balaban J connectivity index is 1.46. The molecule has 38 heavy (non-hydrogen) atoms. The molecule has 0 N–H and O–H groups in total. The topological polar surface area (TPSA) is 67.2 Å². The van der Waals surface area contributed by atoms with E-state index in [4.69, 9.17) is 15.1 Å². The van der Waals surface area contributed by atoms with E-state index in [-0.39, 0.29) is 17.6 Å². The zero-order valence-corrected chi connectivity index (χ0v) is 22.4.